The number of nitrogens with two attached hydrogens (primary N) is 1. The van der Waals surface area contributed by atoms with Crippen molar-refractivity contribution in [3.05, 3.63) is 0 Å². The average molecular weight is 233 g/mol. The minimum absolute atomic E-state index is 0.0718. The van der Waals surface area contributed by atoms with E-state index in [1.165, 1.54) is 0 Å². The maximum atomic E-state index is 11.6. The highest BCUT2D eigenvalue weighted by Crippen LogP contribution is 2.16. The Morgan fingerprint density at radius 1 is 1.38 bits per heavy atom. The summed E-state index contributed by atoms with van der Waals surface area (Å²) >= 11 is 0. The van der Waals surface area contributed by atoms with Crippen LogP contribution in [0.5, 0.6) is 0 Å². The summed E-state index contributed by atoms with van der Waals surface area (Å²) in [7, 11) is 0. The van der Waals surface area contributed by atoms with Crippen LogP contribution in [0.2, 0.25) is 0 Å². The molecule has 6 heteroatoms. The Morgan fingerprint density at radius 2 is 1.88 bits per heavy atom. The summed E-state index contributed by atoms with van der Waals surface area (Å²) in [6, 6.07) is 0. The Kier molecular flexibility index (Phi) is 5.40. The molecule has 0 heterocycles. The second-order valence-corrected chi connectivity index (χ2v) is 4.50. The van der Waals surface area contributed by atoms with E-state index >= 15 is 0 Å². The fourth-order valence-corrected chi connectivity index (χ4v) is 1.13. The first-order valence-corrected chi connectivity index (χ1v) is 5.03. The van der Waals surface area contributed by atoms with Crippen molar-refractivity contribution in [2.75, 3.05) is 6.54 Å². The van der Waals surface area contributed by atoms with Crippen LogP contribution in [0, 0.1) is 5.92 Å². The van der Waals surface area contributed by atoms with E-state index in [1.807, 2.05) is 0 Å². The van der Waals surface area contributed by atoms with Crippen LogP contribution in [0.4, 0.5) is 0 Å². The van der Waals surface area contributed by atoms with Gasteiger partial charge in [0.25, 0.3) is 0 Å². The van der Waals surface area contributed by atoms with E-state index < -0.39 is 29.6 Å². The number of ether oxygens (including phenoxy) is 1. The van der Waals surface area contributed by atoms with Gasteiger partial charge >= 0.3 is 11.9 Å². The minimum atomic E-state index is -1.78. The number of carboxylic acid groups (broad SMARTS) is 1. The minimum Gasteiger partial charge on any atom is -0.479 e. The van der Waals surface area contributed by atoms with Gasteiger partial charge in [0, 0.05) is 0 Å². The van der Waals surface area contributed by atoms with Crippen LogP contribution in [0.3, 0.4) is 0 Å². The van der Waals surface area contributed by atoms with Gasteiger partial charge in [-0.15, -0.1) is 0 Å². The van der Waals surface area contributed by atoms with E-state index in [0.717, 1.165) is 0 Å². The largest absolute Gasteiger partial charge is 0.479 e. The lowest BCUT2D eigenvalue weighted by Crippen LogP contribution is -2.40. The number of aliphatic carboxylic acids is 1. The first-order valence-electron chi connectivity index (χ1n) is 5.03. The number of carboxylic acids is 1. The third kappa shape index (κ3) is 5.09. The first kappa shape index (κ1) is 14.9. The van der Waals surface area contributed by atoms with Gasteiger partial charge in [-0.3, -0.25) is 4.79 Å². The van der Waals surface area contributed by atoms with Gasteiger partial charge in [0.05, 0.1) is 5.92 Å². The van der Waals surface area contributed by atoms with Crippen LogP contribution in [-0.2, 0) is 14.3 Å². The Balaban J connectivity index is 4.65. The van der Waals surface area contributed by atoms with Crippen molar-refractivity contribution in [3.63, 3.8) is 0 Å². The molecule has 0 amide bonds. The van der Waals surface area contributed by atoms with Crippen LogP contribution in [0.1, 0.15) is 27.2 Å². The fourth-order valence-electron chi connectivity index (χ4n) is 1.13. The van der Waals surface area contributed by atoms with Crippen molar-refractivity contribution in [3.8, 4) is 0 Å². The summed E-state index contributed by atoms with van der Waals surface area (Å²) in [5.41, 5.74) is 4.54. The molecule has 0 aliphatic carbocycles. The Labute approximate surface area is 94.4 Å². The normalized spacial score (nSPS) is 15.3. The lowest BCUT2D eigenvalue weighted by molar-refractivity contribution is -0.170. The number of aliphatic hydroxyl groups is 1. The van der Waals surface area contributed by atoms with Crippen molar-refractivity contribution in [1.82, 2.24) is 0 Å². The van der Waals surface area contributed by atoms with Crippen molar-refractivity contribution >= 4 is 11.9 Å². The van der Waals surface area contributed by atoms with Gasteiger partial charge in [-0.2, -0.15) is 0 Å². The Bertz CT molecular complexity index is 258. The number of rotatable bonds is 5. The van der Waals surface area contributed by atoms with Gasteiger partial charge in [-0.25, -0.2) is 4.79 Å². The van der Waals surface area contributed by atoms with Crippen LogP contribution in [0.25, 0.3) is 0 Å². The van der Waals surface area contributed by atoms with Crippen LogP contribution < -0.4 is 5.73 Å². The number of hydrogen-bond donors (Lipinski definition) is 3. The number of carbonyl (C=O) groups is 2. The zero-order chi connectivity index (χ0) is 12.9. The average Bonchev–Trinajstić information content (AvgIpc) is 2.09. The summed E-state index contributed by atoms with van der Waals surface area (Å²) in [5.74, 6) is -3.32. The van der Waals surface area contributed by atoms with Gasteiger partial charge in [-0.1, -0.05) is 0 Å². The van der Waals surface area contributed by atoms with E-state index in [4.69, 9.17) is 15.6 Å². The molecule has 0 saturated carbocycles. The molecule has 0 fully saturated rings. The van der Waals surface area contributed by atoms with E-state index in [9.17, 15) is 14.7 Å². The first-order chi connectivity index (χ1) is 7.19. The molecule has 0 aromatic rings. The predicted molar refractivity (Wildman–Crippen MR) is 56.6 cm³/mol. The summed E-state index contributed by atoms with van der Waals surface area (Å²) in [4.78, 5) is 22.2. The summed E-state index contributed by atoms with van der Waals surface area (Å²) in [5, 5.41) is 18.0. The molecular formula is C10H19NO5. The molecule has 0 bridgehead atoms. The fraction of sp³-hybridized carbons (Fsp3) is 0.800. The second kappa shape index (κ2) is 5.81. The smallest absolute Gasteiger partial charge is 0.333 e. The van der Waals surface area contributed by atoms with E-state index in [1.54, 1.807) is 20.8 Å². The standard InChI is InChI=1S/C10H19NO5/c1-10(2,3)16-9(15)6(4-5-11)7(12)8(13)14/h6-7,12H,4-5,11H2,1-3H3,(H,13,14). The molecular weight excluding hydrogens is 214 g/mol. The molecule has 0 radical (unpaired) electrons. The molecule has 0 aromatic carbocycles. The van der Waals surface area contributed by atoms with Crippen molar-refractivity contribution in [2.24, 2.45) is 11.7 Å². The zero-order valence-corrected chi connectivity index (χ0v) is 9.77. The Morgan fingerprint density at radius 3 is 2.19 bits per heavy atom. The molecule has 2 unspecified atom stereocenters. The van der Waals surface area contributed by atoms with E-state index in [2.05, 4.69) is 0 Å². The second-order valence-electron chi connectivity index (χ2n) is 4.50. The number of hydrogen-bond acceptors (Lipinski definition) is 5. The van der Waals surface area contributed by atoms with E-state index in [0.29, 0.717) is 0 Å². The van der Waals surface area contributed by atoms with Crippen molar-refractivity contribution < 1.29 is 24.5 Å². The van der Waals surface area contributed by atoms with Gasteiger partial charge in [0.2, 0.25) is 0 Å². The van der Waals surface area contributed by atoms with Crippen LogP contribution in [0.15, 0.2) is 0 Å². The van der Waals surface area contributed by atoms with Crippen molar-refractivity contribution in [2.45, 2.75) is 38.9 Å². The third-order valence-corrected chi connectivity index (χ3v) is 1.82. The maximum absolute atomic E-state index is 11.6. The highest BCUT2D eigenvalue weighted by molar-refractivity contribution is 5.82. The molecule has 0 spiro atoms. The lowest BCUT2D eigenvalue weighted by Gasteiger charge is -2.24. The molecule has 0 aliphatic heterocycles. The molecule has 0 rings (SSSR count). The zero-order valence-electron chi connectivity index (χ0n) is 9.77. The van der Waals surface area contributed by atoms with Crippen molar-refractivity contribution in [1.29, 1.82) is 0 Å². The highest BCUT2D eigenvalue weighted by atomic mass is 16.6. The monoisotopic (exact) mass is 233 g/mol. The van der Waals surface area contributed by atoms with Gasteiger partial charge in [0.1, 0.15) is 5.60 Å². The Hall–Kier alpha value is -1.14. The summed E-state index contributed by atoms with van der Waals surface area (Å²) in [6.45, 7) is 5.10. The molecule has 4 N–H and O–H groups in total. The third-order valence-electron chi connectivity index (χ3n) is 1.82. The number of carbonyl (C=O) groups excluding carboxylic acids is 1. The number of esters is 1. The molecule has 6 nitrogen and oxygen atoms in total. The van der Waals surface area contributed by atoms with Gasteiger partial charge in [0.15, 0.2) is 6.10 Å². The molecule has 0 aliphatic rings. The van der Waals surface area contributed by atoms with Gasteiger partial charge in [-0.05, 0) is 33.7 Å². The quantitative estimate of drug-likeness (QED) is 0.564. The van der Waals surface area contributed by atoms with Crippen LogP contribution in [-0.4, -0.2) is 40.4 Å². The molecule has 0 saturated heterocycles. The lowest BCUT2D eigenvalue weighted by atomic mass is 9.98. The maximum Gasteiger partial charge on any atom is 0.333 e. The molecule has 2 atom stereocenters. The number of aliphatic hydroxyl groups excluding tert-OH is 1. The summed E-state index contributed by atoms with van der Waals surface area (Å²) in [6.07, 6.45) is -1.71. The predicted octanol–water partition coefficient (Wildman–Crippen LogP) is -0.261. The highest BCUT2D eigenvalue weighted by Gasteiger charge is 2.34. The summed E-state index contributed by atoms with van der Waals surface area (Å²) < 4.78 is 5.01. The van der Waals surface area contributed by atoms with Crippen LogP contribution >= 0.6 is 0 Å². The molecule has 0 aromatic heterocycles. The SMILES string of the molecule is CC(C)(C)OC(=O)C(CCN)C(O)C(=O)O. The molecule has 94 valence electrons. The molecule has 16 heavy (non-hydrogen) atoms. The topological polar surface area (TPSA) is 110 Å². The van der Waals surface area contributed by atoms with E-state index in [-0.39, 0.29) is 13.0 Å². The van der Waals surface area contributed by atoms with Gasteiger partial charge < -0.3 is 20.7 Å².